The predicted octanol–water partition coefficient (Wildman–Crippen LogP) is 3.04. The lowest BCUT2D eigenvalue weighted by Crippen LogP contribution is -2.10. The van der Waals surface area contributed by atoms with Gasteiger partial charge in [0, 0.05) is 22.8 Å². The summed E-state index contributed by atoms with van der Waals surface area (Å²) in [6.45, 7) is 3.57. The molecule has 0 aliphatic rings. The molecule has 1 aromatic heterocycles. The van der Waals surface area contributed by atoms with Crippen LogP contribution < -0.4 is 0 Å². The molecule has 0 aliphatic carbocycles. The molecule has 0 saturated carbocycles. The molecular formula is C14H13ClN2O2. The Kier molecular flexibility index (Phi) is 3.81. The Hall–Kier alpha value is -1.94. The first-order valence-electron chi connectivity index (χ1n) is 5.80. The minimum absolute atomic E-state index is 0.169. The molecule has 1 aromatic carbocycles. The summed E-state index contributed by atoms with van der Waals surface area (Å²) in [5.41, 5.74) is 3.23. The maximum absolute atomic E-state index is 10.9. The van der Waals surface area contributed by atoms with E-state index in [2.05, 4.69) is 9.97 Å². The smallest absolute Gasteiger partial charge is 0.373 e. The molecule has 2 aromatic rings. The highest BCUT2D eigenvalue weighted by Gasteiger charge is 2.14. The number of rotatable bonds is 3. The topological polar surface area (TPSA) is 63.1 Å². The summed E-state index contributed by atoms with van der Waals surface area (Å²) in [7, 11) is 0. The Morgan fingerprint density at radius 3 is 2.32 bits per heavy atom. The summed E-state index contributed by atoms with van der Waals surface area (Å²) >= 11 is 6.13. The van der Waals surface area contributed by atoms with Gasteiger partial charge in [-0.2, -0.15) is 0 Å². The molecule has 0 bridgehead atoms. The highest BCUT2D eigenvalue weighted by molar-refractivity contribution is 6.31. The Morgan fingerprint density at radius 1 is 1.21 bits per heavy atom. The van der Waals surface area contributed by atoms with E-state index in [1.165, 1.54) is 0 Å². The van der Waals surface area contributed by atoms with E-state index in [0.29, 0.717) is 22.8 Å². The van der Waals surface area contributed by atoms with Gasteiger partial charge in [-0.15, -0.1) is 0 Å². The maximum Gasteiger partial charge on any atom is 0.373 e. The Bertz CT molecular complexity index is 618. The number of hydrogen-bond donors (Lipinski definition) is 1. The van der Waals surface area contributed by atoms with Gasteiger partial charge in [0.05, 0.1) is 0 Å². The van der Waals surface area contributed by atoms with E-state index in [1.54, 1.807) is 13.8 Å². The van der Waals surface area contributed by atoms with Crippen LogP contribution in [0.2, 0.25) is 5.02 Å². The third kappa shape index (κ3) is 2.90. The van der Waals surface area contributed by atoms with E-state index in [9.17, 15) is 4.79 Å². The fourth-order valence-electron chi connectivity index (χ4n) is 1.92. The van der Waals surface area contributed by atoms with Crippen molar-refractivity contribution in [1.29, 1.82) is 0 Å². The SMILES string of the molecule is Cc1nc(C(=O)O)nc(C)c1Cc1ccccc1Cl. The van der Waals surface area contributed by atoms with Crippen LogP contribution in [0.15, 0.2) is 24.3 Å². The van der Waals surface area contributed by atoms with Crippen molar-refractivity contribution in [1.82, 2.24) is 9.97 Å². The molecule has 0 radical (unpaired) electrons. The van der Waals surface area contributed by atoms with Crippen molar-refractivity contribution in [3.05, 3.63) is 57.6 Å². The molecule has 2 rings (SSSR count). The van der Waals surface area contributed by atoms with Crippen LogP contribution in [0.4, 0.5) is 0 Å². The van der Waals surface area contributed by atoms with Crippen LogP contribution in [0.25, 0.3) is 0 Å². The molecule has 19 heavy (non-hydrogen) atoms. The summed E-state index contributed by atoms with van der Waals surface area (Å²) in [5, 5.41) is 9.60. The van der Waals surface area contributed by atoms with Crippen molar-refractivity contribution >= 4 is 17.6 Å². The lowest BCUT2D eigenvalue weighted by molar-refractivity contribution is 0.0682. The molecule has 5 heteroatoms. The number of carboxylic acid groups (broad SMARTS) is 1. The molecular weight excluding hydrogens is 264 g/mol. The van der Waals surface area contributed by atoms with Crippen molar-refractivity contribution in [3.63, 3.8) is 0 Å². The van der Waals surface area contributed by atoms with Gasteiger partial charge in [-0.05, 0) is 31.0 Å². The predicted molar refractivity (Wildman–Crippen MR) is 72.7 cm³/mol. The van der Waals surface area contributed by atoms with Crippen LogP contribution in [-0.4, -0.2) is 21.0 Å². The fraction of sp³-hybridized carbons (Fsp3) is 0.214. The van der Waals surface area contributed by atoms with Gasteiger partial charge in [0.25, 0.3) is 0 Å². The zero-order valence-corrected chi connectivity index (χ0v) is 11.4. The number of aryl methyl sites for hydroxylation is 2. The largest absolute Gasteiger partial charge is 0.475 e. The molecule has 0 amide bonds. The van der Waals surface area contributed by atoms with Gasteiger partial charge < -0.3 is 5.11 Å². The molecule has 1 heterocycles. The highest BCUT2D eigenvalue weighted by Crippen LogP contribution is 2.21. The van der Waals surface area contributed by atoms with Crippen molar-refractivity contribution in [2.24, 2.45) is 0 Å². The minimum Gasteiger partial charge on any atom is -0.475 e. The van der Waals surface area contributed by atoms with Crippen molar-refractivity contribution in [2.45, 2.75) is 20.3 Å². The summed E-state index contributed by atoms with van der Waals surface area (Å²) in [6.07, 6.45) is 0.594. The van der Waals surface area contributed by atoms with Gasteiger partial charge in [-0.25, -0.2) is 14.8 Å². The second-order valence-corrected chi connectivity index (χ2v) is 4.68. The van der Waals surface area contributed by atoms with E-state index >= 15 is 0 Å². The number of nitrogens with zero attached hydrogens (tertiary/aromatic N) is 2. The van der Waals surface area contributed by atoms with E-state index in [4.69, 9.17) is 16.7 Å². The van der Waals surface area contributed by atoms with Crippen LogP contribution in [0.1, 0.15) is 33.1 Å². The van der Waals surface area contributed by atoms with Gasteiger partial charge >= 0.3 is 5.97 Å². The standard InChI is InChI=1S/C14H13ClN2O2/c1-8-11(7-10-5-3-4-6-12(10)15)9(2)17-13(16-8)14(18)19/h3-6H,7H2,1-2H3,(H,18,19). The average Bonchev–Trinajstić information content (AvgIpc) is 2.35. The quantitative estimate of drug-likeness (QED) is 0.936. The zero-order valence-electron chi connectivity index (χ0n) is 10.6. The van der Waals surface area contributed by atoms with E-state index in [0.717, 1.165) is 11.1 Å². The van der Waals surface area contributed by atoms with E-state index < -0.39 is 5.97 Å². The number of carboxylic acids is 1. The summed E-state index contributed by atoms with van der Waals surface area (Å²) < 4.78 is 0. The van der Waals surface area contributed by atoms with Crippen LogP contribution in [0.5, 0.6) is 0 Å². The molecule has 1 N–H and O–H groups in total. The first kappa shape index (κ1) is 13.5. The molecule has 0 fully saturated rings. The van der Waals surface area contributed by atoms with Crippen LogP contribution in [0, 0.1) is 13.8 Å². The third-order valence-electron chi connectivity index (χ3n) is 2.94. The second-order valence-electron chi connectivity index (χ2n) is 4.27. The van der Waals surface area contributed by atoms with Crippen LogP contribution in [-0.2, 0) is 6.42 Å². The van der Waals surface area contributed by atoms with Crippen molar-refractivity contribution in [3.8, 4) is 0 Å². The van der Waals surface area contributed by atoms with Crippen molar-refractivity contribution in [2.75, 3.05) is 0 Å². The monoisotopic (exact) mass is 276 g/mol. The number of benzene rings is 1. The fourth-order valence-corrected chi connectivity index (χ4v) is 2.13. The lowest BCUT2D eigenvalue weighted by Gasteiger charge is -2.10. The summed E-state index contributed by atoms with van der Waals surface area (Å²) in [6, 6.07) is 7.55. The van der Waals surface area contributed by atoms with E-state index in [1.807, 2.05) is 24.3 Å². The number of carbonyl (C=O) groups is 1. The molecule has 0 aliphatic heterocycles. The van der Waals surface area contributed by atoms with Crippen LogP contribution >= 0.6 is 11.6 Å². The minimum atomic E-state index is -1.12. The Labute approximate surface area is 116 Å². The highest BCUT2D eigenvalue weighted by atomic mass is 35.5. The molecule has 0 spiro atoms. The maximum atomic E-state index is 10.9. The normalized spacial score (nSPS) is 10.5. The average molecular weight is 277 g/mol. The summed E-state index contributed by atoms with van der Waals surface area (Å²) in [4.78, 5) is 18.9. The number of aromatic carboxylic acids is 1. The summed E-state index contributed by atoms with van der Waals surface area (Å²) in [5.74, 6) is -1.28. The van der Waals surface area contributed by atoms with Gasteiger partial charge in [-0.1, -0.05) is 29.8 Å². The first-order valence-corrected chi connectivity index (χ1v) is 6.17. The van der Waals surface area contributed by atoms with E-state index in [-0.39, 0.29) is 5.82 Å². The number of halogens is 1. The first-order chi connectivity index (χ1) is 8.99. The molecule has 0 saturated heterocycles. The van der Waals surface area contributed by atoms with Crippen molar-refractivity contribution < 1.29 is 9.90 Å². The zero-order chi connectivity index (χ0) is 14.0. The van der Waals surface area contributed by atoms with Gasteiger partial charge in [0.2, 0.25) is 5.82 Å². The van der Waals surface area contributed by atoms with Gasteiger partial charge in [0.15, 0.2) is 0 Å². The molecule has 0 unspecified atom stereocenters. The molecule has 4 nitrogen and oxygen atoms in total. The van der Waals surface area contributed by atoms with Gasteiger partial charge in [-0.3, -0.25) is 0 Å². The second kappa shape index (κ2) is 5.36. The molecule has 98 valence electrons. The number of aromatic nitrogens is 2. The molecule has 0 atom stereocenters. The Morgan fingerprint density at radius 2 is 1.79 bits per heavy atom. The van der Waals surface area contributed by atoms with Crippen LogP contribution in [0.3, 0.4) is 0 Å². The third-order valence-corrected chi connectivity index (χ3v) is 3.31. The van der Waals surface area contributed by atoms with Gasteiger partial charge in [0.1, 0.15) is 0 Å². The Balaban J connectivity index is 2.42. The lowest BCUT2D eigenvalue weighted by atomic mass is 10.0. The number of hydrogen-bond acceptors (Lipinski definition) is 3.